The fourth-order valence-electron chi connectivity index (χ4n) is 2.67. The van der Waals surface area contributed by atoms with Crippen LogP contribution in [0.2, 0.25) is 0 Å². The summed E-state index contributed by atoms with van der Waals surface area (Å²) in [5.74, 6) is 2.77. The zero-order valence-corrected chi connectivity index (χ0v) is 12.5. The number of terminal acetylenes is 1. The molecule has 0 radical (unpaired) electrons. The molecule has 112 valence electrons. The summed E-state index contributed by atoms with van der Waals surface area (Å²) in [5.41, 5.74) is 1.83. The number of hydrogen-bond acceptors (Lipinski definition) is 3. The van der Waals surface area contributed by atoms with E-state index in [4.69, 9.17) is 6.42 Å². The summed E-state index contributed by atoms with van der Waals surface area (Å²) in [5, 5.41) is 10.2. The first-order valence-electron chi connectivity index (χ1n) is 7.41. The zero-order chi connectivity index (χ0) is 15.2. The molecule has 1 aliphatic heterocycles. The summed E-state index contributed by atoms with van der Waals surface area (Å²) >= 11 is 0. The number of nitrogens with zero attached hydrogens (tertiary/aromatic N) is 2. The maximum Gasteiger partial charge on any atom is 0.222 e. The van der Waals surface area contributed by atoms with Crippen molar-refractivity contribution in [2.24, 2.45) is 0 Å². The molecule has 0 spiro atoms. The first-order valence-corrected chi connectivity index (χ1v) is 7.41. The number of anilines is 1. The number of aliphatic hydroxyl groups is 1. The van der Waals surface area contributed by atoms with Crippen molar-refractivity contribution in [1.29, 1.82) is 0 Å². The monoisotopic (exact) mass is 286 g/mol. The largest absolute Gasteiger partial charge is 0.389 e. The summed E-state index contributed by atoms with van der Waals surface area (Å²) in [6.45, 7) is 4.47. The van der Waals surface area contributed by atoms with Crippen LogP contribution in [0.3, 0.4) is 0 Å². The van der Waals surface area contributed by atoms with E-state index in [1.165, 1.54) is 0 Å². The van der Waals surface area contributed by atoms with Gasteiger partial charge in [-0.05, 0) is 31.5 Å². The smallest absolute Gasteiger partial charge is 0.222 e. The molecule has 1 fully saturated rings. The summed E-state index contributed by atoms with van der Waals surface area (Å²) in [6.07, 6.45) is 6.37. The Hall–Kier alpha value is -1.99. The minimum atomic E-state index is -0.554. The molecule has 1 unspecified atom stereocenters. The molecule has 4 heteroatoms. The van der Waals surface area contributed by atoms with Crippen LogP contribution in [-0.2, 0) is 4.79 Å². The highest BCUT2D eigenvalue weighted by Crippen LogP contribution is 2.17. The second kappa shape index (κ2) is 7.14. The van der Waals surface area contributed by atoms with Crippen molar-refractivity contribution in [3.63, 3.8) is 0 Å². The highest BCUT2D eigenvalue weighted by atomic mass is 16.3. The van der Waals surface area contributed by atoms with Gasteiger partial charge in [-0.3, -0.25) is 4.79 Å². The lowest BCUT2D eigenvalue weighted by Crippen LogP contribution is -2.40. The van der Waals surface area contributed by atoms with Gasteiger partial charge in [-0.2, -0.15) is 0 Å². The third-order valence-electron chi connectivity index (χ3n) is 3.79. The summed E-state index contributed by atoms with van der Waals surface area (Å²) in [4.78, 5) is 15.4. The van der Waals surface area contributed by atoms with Crippen LogP contribution < -0.4 is 4.90 Å². The first-order chi connectivity index (χ1) is 10.1. The van der Waals surface area contributed by atoms with E-state index in [1.807, 2.05) is 31.2 Å². The number of hydrogen-bond donors (Lipinski definition) is 1. The van der Waals surface area contributed by atoms with Crippen LogP contribution in [0.5, 0.6) is 0 Å². The Morgan fingerprint density at radius 2 is 2.33 bits per heavy atom. The van der Waals surface area contributed by atoms with Gasteiger partial charge in [0.1, 0.15) is 0 Å². The van der Waals surface area contributed by atoms with Gasteiger partial charge in [0.15, 0.2) is 0 Å². The van der Waals surface area contributed by atoms with Crippen LogP contribution >= 0.6 is 0 Å². The average Bonchev–Trinajstić information content (AvgIpc) is 2.90. The molecule has 1 saturated heterocycles. The molecule has 1 atom stereocenters. The van der Waals surface area contributed by atoms with E-state index >= 15 is 0 Å². The van der Waals surface area contributed by atoms with E-state index in [1.54, 1.807) is 4.90 Å². The van der Waals surface area contributed by atoms with Crippen LogP contribution in [0.1, 0.15) is 25.3 Å². The van der Waals surface area contributed by atoms with Gasteiger partial charge in [0.05, 0.1) is 6.10 Å². The Balaban J connectivity index is 1.97. The Labute approximate surface area is 126 Å². The number of benzene rings is 1. The van der Waals surface area contributed by atoms with Gasteiger partial charge in [-0.15, -0.1) is 6.42 Å². The van der Waals surface area contributed by atoms with Gasteiger partial charge < -0.3 is 14.9 Å². The molecule has 1 aliphatic rings. The maximum absolute atomic E-state index is 11.6. The molecular formula is C17H22N2O2. The lowest BCUT2D eigenvalue weighted by Gasteiger charge is -2.28. The van der Waals surface area contributed by atoms with Crippen LogP contribution in [0.25, 0.3) is 0 Å². The summed E-state index contributed by atoms with van der Waals surface area (Å²) in [7, 11) is 0. The number of amides is 1. The third kappa shape index (κ3) is 3.99. The van der Waals surface area contributed by atoms with E-state index in [-0.39, 0.29) is 5.91 Å². The third-order valence-corrected chi connectivity index (χ3v) is 3.79. The number of likely N-dealkylation sites (tertiary alicyclic amines) is 1. The van der Waals surface area contributed by atoms with Crippen molar-refractivity contribution in [3.05, 3.63) is 29.8 Å². The molecule has 1 amide bonds. The molecule has 21 heavy (non-hydrogen) atoms. The minimum Gasteiger partial charge on any atom is -0.389 e. The molecule has 0 saturated carbocycles. The predicted octanol–water partition coefficient (Wildman–Crippen LogP) is 1.48. The Bertz CT molecular complexity index is 536. The van der Waals surface area contributed by atoms with Gasteiger partial charge in [0, 0.05) is 43.9 Å². The molecule has 0 aliphatic carbocycles. The number of rotatable bonds is 6. The minimum absolute atomic E-state index is 0.145. The van der Waals surface area contributed by atoms with Crippen molar-refractivity contribution in [2.45, 2.75) is 25.9 Å². The van der Waals surface area contributed by atoms with E-state index in [2.05, 4.69) is 10.8 Å². The number of β-amino-alcohol motifs (C(OH)–C–C–N with tert-alkyl or cyclic N) is 1. The van der Waals surface area contributed by atoms with Crippen molar-refractivity contribution < 1.29 is 9.90 Å². The average molecular weight is 286 g/mol. The van der Waals surface area contributed by atoms with Crippen molar-refractivity contribution in [3.8, 4) is 12.3 Å². The molecule has 1 heterocycles. The predicted molar refractivity (Wildman–Crippen MR) is 84.1 cm³/mol. The number of aliphatic hydroxyl groups excluding tert-OH is 1. The lowest BCUT2D eigenvalue weighted by atomic mass is 10.2. The number of carbonyl (C=O) groups is 1. The van der Waals surface area contributed by atoms with Crippen LogP contribution in [0.15, 0.2) is 24.3 Å². The zero-order valence-electron chi connectivity index (χ0n) is 12.5. The van der Waals surface area contributed by atoms with Gasteiger partial charge in [-0.25, -0.2) is 0 Å². The summed E-state index contributed by atoms with van der Waals surface area (Å²) < 4.78 is 0. The Morgan fingerprint density at radius 1 is 1.52 bits per heavy atom. The van der Waals surface area contributed by atoms with Crippen molar-refractivity contribution in [1.82, 2.24) is 4.90 Å². The molecular weight excluding hydrogens is 264 g/mol. The number of carbonyl (C=O) groups excluding carboxylic acids is 1. The molecule has 0 aromatic heterocycles. The van der Waals surface area contributed by atoms with Crippen LogP contribution in [-0.4, -0.2) is 48.2 Å². The SMILES string of the molecule is C#Cc1cccc(N(CC)CC(O)CN2CCCC2=O)c1. The van der Waals surface area contributed by atoms with Crippen LogP contribution in [0, 0.1) is 12.3 Å². The summed E-state index contributed by atoms with van der Waals surface area (Å²) in [6, 6.07) is 7.73. The van der Waals surface area contributed by atoms with E-state index < -0.39 is 6.10 Å². The lowest BCUT2D eigenvalue weighted by molar-refractivity contribution is -0.128. The van der Waals surface area contributed by atoms with Gasteiger partial charge >= 0.3 is 0 Å². The standard InChI is InChI=1S/C17H22N2O2/c1-3-14-7-5-8-15(11-14)18(4-2)12-16(20)13-19-10-6-9-17(19)21/h1,5,7-8,11,16,20H,4,6,9-10,12-13H2,2H3. The maximum atomic E-state index is 11.6. The van der Waals surface area contributed by atoms with Gasteiger partial charge in [0.2, 0.25) is 5.91 Å². The van der Waals surface area contributed by atoms with E-state index in [9.17, 15) is 9.90 Å². The van der Waals surface area contributed by atoms with Crippen LogP contribution in [0.4, 0.5) is 5.69 Å². The first kappa shape index (κ1) is 15.4. The topological polar surface area (TPSA) is 43.8 Å². The molecule has 2 rings (SSSR count). The molecule has 1 N–H and O–H groups in total. The highest BCUT2D eigenvalue weighted by molar-refractivity contribution is 5.78. The fraction of sp³-hybridized carbons (Fsp3) is 0.471. The highest BCUT2D eigenvalue weighted by Gasteiger charge is 2.23. The van der Waals surface area contributed by atoms with Gasteiger partial charge in [-0.1, -0.05) is 12.0 Å². The molecule has 1 aromatic rings. The second-order valence-electron chi connectivity index (χ2n) is 5.33. The quantitative estimate of drug-likeness (QED) is 0.806. The molecule has 1 aromatic carbocycles. The Kier molecular flexibility index (Phi) is 5.24. The second-order valence-corrected chi connectivity index (χ2v) is 5.33. The van der Waals surface area contributed by atoms with E-state index in [0.717, 1.165) is 30.8 Å². The number of likely N-dealkylation sites (N-methyl/N-ethyl adjacent to an activating group) is 1. The normalized spacial score (nSPS) is 15.9. The van der Waals surface area contributed by atoms with Crippen molar-refractivity contribution in [2.75, 3.05) is 31.1 Å². The molecule has 0 bridgehead atoms. The Morgan fingerprint density at radius 3 is 2.95 bits per heavy atom. The van der Waals surface area contributed by atoms with E-state index in [0.29, 0.717) is 19.5 Å². The molecule has 4 nitrogen and oxygen atoms in total. The van der Waals surface area contributed by atoms with Crippen molar-refractivity contribution >= 4 is 11.6 Å². The fourth-order valence-corrected chi connectivity index (χ4v) is 2.67. The van der Waals surface area contributed by atoms with Gasteiger partial charge in [0.25, 0.3) is 0 Å².